The number of tetrazole rings is 1. The highest BCUT2D eigenvalue weighted by molar-refractivity contribution is 7.08. The maximum atomic E-state index is 12.0. The number of amides is 1. The first-order valence-electron chi connectivity index (χ1n) is 6.48. The molecule has 8 heteroatoms. The minimum absolute atomic E-state index is 0.0113. The summed E-state index contributed by atoms with van der Waals surface area (Å²) in [7, 11) is 0. The number of halogens is 1. The molecule has 0 atom stereocenters. The molecule has 1 N–H and O–H groups in total. The van der Waals surface area contributed by atoms with Gasteiger partial charge in [0.15, 0.2) is 0 Å². The average molecular weight is 334 g/mol. The number of nitrogens with zero attached hydrogens (tertiary/aromatic N) is 4. The van der Waals surface area contributed by atoms with Crippen molar-refractivity contribution < 1.29 is 4.79 Å². The van der Waals surface area contributed by atoms with Gasteiger partial charge in [0.25, 0.3) is 0 Å². The van der Waals surface area contributed by atoms with Crippen molar-refractivity contribution in [2.45, 2.75) is 13.5 Å². The number of thiophene rings is 1. The minimum atomic E-state index is -0.241. The Balaban J connectivity index is 1.65. The molecule has 0 aliphatic carbocycles. The largest absolute Gasteiger partial charge is 0.324 e. The SMILES string of the molecule is Cc1ccc(NC(=O)Cn2nnc(-c3ccsc3)n2)cc1Cl. The molecule has 22 heavy (non-hydrogen) atoms. The van der Waals surface area contributed by atoms with E-state index in [1.807, 2.05) is 29.8 Å². The molecule has 6 nitrogen and oxygen atoms in total. The summed E-state index contributed by atoms with van der Waals surface area (Å²) in [6.07, 6.45) is 0. The van der Waals surface area contributed by atoms with E-state index >= 15 is 0 Å². The second-order valence-corrected chi connectivity index (χ2v) is 5.85. The second-order valence-electron chi connectivity index (χ2n) is 4.67. The number of nitrogens with one attached hydrogen (secondary N) is 1. The van der Waals surface area contributed by atoms with Crippen LogP contribution in [-0.2, 0) is 11.3 Å². The first kappa shape index (κ1) is 14.7. The Bertz CT molecular complexity index is 799. The zero-order chi connectivity index (χ0) is 15.5. The molecule has 0 spiro atoms. The van der Waals surface area contributed by atoms with Gasteiger partial charge in [-0.3, -0.25) is 4.79 Å². The van der Waals surface area contributed by atoms with Gasteiger partial charge in [-0.2, -0.15) is 16.1 Å². The highest BCUT2D eigenvalue weighted by Crippen LogP contribution is 2.20. The van der Waals surface area contributed by atoms with Gasteiger partial charge in [-0.1, -0.05) is 17.7 Å². The summed E-state index contributed by atoms with van der Waals surface area (Å²) in [6.45, 7) is 1.89. The predicted octanol–water partition coefficient (Wildman–Crippen LogP) is 3.00. The molecule has 0 radical (unpaired) electrons. The van der Waals surface area contributed by atoms with Crippen LogP contribution < -0.4 is 5.32 Å². The van der Waals surface area contributed by atoms with E-state index in [0.29, 0.717) is 16.5 Å². The molecule has 1 amide bonds. The highest BCUT2D eigenvalue weighted by Gasteiger charge is 2.10. The third-order valence-corrected chi connectivity index (χ3v) is 4.06. The molecule has 0 saturated heterocycles. The average Bonchev–Trinajstić information content (AvgIpc) is 3.13. The van der Waals surface area contributed by atoms with Crippen LogP contribution in [0.2, 0.25) is 5.02 Å². The van der Waals surface area contributed by atoms with E-state index in [1.54, 1.807) is 23.5 Å². The van der Waals surface area contributed by atoms with Crippen LogP contribution in [0.25, 0.3) is 11.4 Å². The topological polar surface area (TPSA) is 72.7 Å². The van der Waals surface area contributed by atoms with Crippen LogP contribution in [0.3, 0.4) is 0 Å². The molecule has 3 rings (SSSR count). The van der Waals surface area contributed by atoms with Gasteiger partial charge in [0.2, 0.25) is 11.7 Å². The molecule has 0 unspecified atom stereocenters. The maximum Gasteiger partial charge on any atom is 0.248 e. The Morgan fingerprint density at radius 1 is 1.41 bits per heavy atom. The predicted molar refractivity (Wildman–Crippen MR) is 85.9 cm³/mol. The van der Waals surface area contributed by atoms with Crippen molar-refractivity contribution in [3.63, 3.8) is 0 Å². The van der Waals surface area contributed by atoms with Gasteiger partial charge < -0.3 is 5.32 Å². The molecule has 1 aromatic carbocycles. The third-order valence-electron chi connectivity index (χ3n) is 2.97. The van der Waals surface area contributed by atoms with Crippen LogP contribution in [0, 0.1) is 6.92 Å². The summed E-state index contributed by atoms with van der Waals surface area (Å²) in [5.74, 6) is 0.265. The summed E-state index contributed by atoms with van der Waals surface area (Å²) >= 11 is 7.58. The van der Waals surface area contributed by atoms with Gasteiger partial charge in [0, 0.05) is 21.7 Å². The molecule has 112 valence electrons. The number of carbonyl (C=O) groups is 1. The third kappa shape index (κ3) is 3.32. The van der Waals surface area contributed by atoms with E-state index in [9.17, 15) is 4.79 Å². The van der Waals surface area contributed by atoms with E-state index in [1.165, 1.54) is 4.80 Å². The summed E-state index contributed by atoms with van der Waals surface area (Å²) in [6, 6.07) is 7.26. The van der Waals surface area contributed by atoms with Gasteiger partial charge in [-0.05, 0) is 41.3 Å². The minimum Gasteiger partial charge on any atom is -0.324 e. The number of anilines is 1. The number of rotatable bonds is 4. The zero-order valence-corrected chi connectivity index (χ0v) is 13.2. The van der Waals surface area contributed by atoms with Crippen LogP contribution in [0.1, 0.15) is 5.56 Å². The molecule has 0 aliphatic rings. The van der Waals surface area contributed by atoms with E-state index in [4.69, 9.17) is 11.6 Å². The zero-order valence-electron chi connectivity index (χ0n) is 11.7. The fourth-order valence-corrected chi connectivity index (χ4v) is 2.63. The van der Waals surface area contributed by atoms with Crippen molar-refractivity contribution in [1.82, 2.24) is 20.2 Å². The molecule has 3 aromatic rings. The van der Waals surface area contributed by atoms with Gasteiger partial charge in [0.1, 0.15) is 6.54 Å². The molecule has 0 saturated carbocycles. The standard InChI is InChI=1S/C14H12ClN5OS/c1-9-2-3-11(6-12(9)15)16-13(21)7-20-18-14(17-19-20)10-4-5-22-8-10/h2-6,8H,7H2,1H3,(H,16,21). The number of hydrogen-bond donors (Lipinski definition) is 1. The fraction of sp³-hybridized carbons (Fsp3) is 0.143. The lowest BCUT2D eigenvalue weighted by atomic mass is 10.2. The number of aromatic nitrogens is 4. The Morgan fingerprint density at radius 2 is 2.27 bits per heavy atom. The van der Waals surface area contributed by atoms with Gasteiger partial charge in [-0.15, -0.1) is 10.2 Å². The molecule has 0 fully saturated rings. The van der Waals surface area contributed by atoms with Gasteiger partial charge in [0.05, 0.1) is 0 Å². The lowest BCUT2D eigenvalue weighted by Crippen LogP contribution is -2.20. The second kappa shape index (κ2) is 6.25. The van der Waals surface area contributed by atoms with Crippen molar-refractivity contribution >= 4 is 34.5 Å². The van der Waals surface area contributed by atoms with Crippen molar-refractivity contribution in [2.75, 3.05) is 5.32 Å². The Kier molecular flexibility index (Phi) is 4.17. The monoisotopic (exact) mass is 333 g/mol. The number of benzene rings is 1. The van der Waals surface area contributed by atoms with Crippen LogP contribution >= 0.6 is 22.9 Å². The quantitative estimate of drug-likeness (QED) is 0.796. The van der Waals surface area contributed by atoms with E-state index in [2.05, 4.69) is 20.7 Å². The van der Waals surface area contributed by atoms with Gasteiger partial charge >= 0.3 is 0 Å². The number of hydrogen-bond acceptors (Lipinski definition) is 5. The summed E-state index contributed by atoms with van der Waals surface area (Å²) in [4.78, 5) is 13.3. The van der Waals surface area contributed by atoms with Crippen LogP contribution in [-0.4, -0.2) is 26.1 Å². The fourth-order valence-electron chi connectivity index (χ4n) is 1.82. The molecule has 2 heterocycles. The first-order chi connectivity index (χ1) is 10.6. The summed E-state index contributed by atoms with van der Waals surface area (Å²) < 4.78 is 0. The first-order valence-corrected chi connectivity index (χ1v) is 7.80. The molecule has 0 aliphatic heterocycles. The number of carbonyl (C=O) groups excluding carboxylic acids is 1. The normalized spacial score (nSPS) is 10.6. The summed E-state index contributed by atoms with van der Waals surface area (Å²) in [5, 5.41) is 19.2. The smallest absolute Gasteiger partial charge is 0.248 e. The van der Waals surface area contributed by atoms with E-state index in [-0.39, 0.29) is 12.5 Å². The van der Waals surface area contributed by atoms with Crippen LogP contribution in [0.15, 0.2) is 35.0 Å². The highest BCUT2D eigenvalue weighted by atomic mass is 35.5. The molecular formula is C14H12ClN5OS. The molecular weight excluding hydrogens is 322 g/mol. The van der Waals surface area contributed by atoms with Crippen molar-refractivity contribution in [2.24, 2.45) is 0 Å². The Morgan fingerprint density at radius 3 is 3.00 bits per heavy atom. The Hall–Kier alpha value is -2.25. The van der Waals surface area contributed by atoms with Crippen molar-refractivity contribution in [3.05, 3.63) is 45.6 Å². The molecule has 2 aromatic heterocycles. The van der Waals surface area contributed by atoms with E-state index in [0.717, 1.165) is 11.1 Å². The lowest BCUT2D eigenvalue weighted by molar-refractivity contribution is -0.117. The summed E-state index contributed by atoms with van der Waals surface area (Å²) in [5.41, 5.74) is 2.48. The van der Waals surface area contributed by atoms with Gasteiger partial charge in [-0.25, -0.2) is 0 Å². The Labute approximate surface area is 135 Å². The lowest BCUT2D eigenvalue weighted by Gasteiger charge is -2.06. The van der Waals surface area contributed by atoms with E-state index < -0.39 is 0 Å². The van der Waals surface area contributed by atoms with Crippen molar-refractivity contribution in [1.29, 1.82) is 0 Å². The number of aryl methyl sites for hydroxylation is 1. The van der Waals surface area contributed by atoms with Crippen molar-refractivity contribution in [3.8, 4) is 11.4 Å². The van der Waals surface area contributed by atoms with Crippen LogP contribution in [0.4, 0.5) is 5.69 Å². The molecule has 0 bridgehead atoms. The van der Waals surface area contributed by atoms with Crippen LogP contribution in [0.5, 0.6) is 0 Å². The maximum absolute atomic E-state index is 12.0.